The summed E-state index contributed by atoms with van der Waals surface area (Å²) in [4.78, 5) is 11.6. The largest absolute Gasteiger partial charge is 0.462 e. The molecule has 0 radical (unpaired) electrons. The summed E-state index contributed by atoms with van der Waals surface area (Å²) in [6.07, 6.45) is 2.53. The number of esters is 1. The Morgan fingerprint density at radius 3 is 2.68 bits per heavy atom. The summed E-state index contributed by atoms with van der Waals surface area (Å²) in [5, 5.41) is 3.47. The van der Waals surface area contributed by atoms with Crippen LogP contribution in [0.3, 0.4) is 0 Å². The maximum atomic E-state index is 11.6. The Bertz CT molecular complexity index is 479. The highest BCUT2D eigenvalue weighted by Gasteiger charge is 2.37. The topological polar surface area (TPSA) is 64.3 Å². The summed E-state index contributed by atoms with van der Waals surface area (Å²) in [5.41, 5.74) is 8.01. The standard InChI is InChI=1S/C15H22N2O2/c1-4-19-14(18)10-5-8-13(12(16)9-10)17-15(2,3)11-6-7-11/h5,8-9,11,17H,4,6-7,16H2,1-3H3. The molecule has 1 saturated carbocycles. The van der Waals surface area contributed by atoms with Gasteiger partial charge in [-0.2, -0.15) is 0 Å². The molecule has 104 valence electrons. The fourth-order valence-electron chi connectivity index (χ4n) is 2.27. The van der Waals surface area contributed by atoms with Crippen LogP contribution >= 0.6 is 0 Å². The van der Waals surface area contributed by atoms with Crippen molar-refractivity contribution in [1.29, 1.82) is 0 Å². The van der Waals surface area contributed by atoms with Gasteiger partial charge in [0.05, 0.1) is 23.5 Å². The van der Waals surface area contributed by atoms with Crippen molar-refractivity contribution in [3.05, 3.63) is 23.8 Å². The van der Waals surface area contributed by atoms with Crippen LogP contribution in [0, 0.1) is 5.92 Å². The first-order valence-corrected chi connectivity index (χ1v) is 6.79. The van der Waals surface area contributed by atoms with Gasteiger partial charge in [0.15, 0.2) is 0 Å². The molecule has 0 saturated heterocycles. The van der Waals surface area contributed by atoms with E-state index in [0.29, 0.717) is 23.8 Å². The van der Waals surface area contributed by atoms with Crippen LogP contribution in [0.4, 0.5) is 11.4 Å². The molecule has 0 spiro atoms. The van der Waals surface area contributed by atoms with E-state index in [4.69, 9.17) is 10.5 Å². The van der Waals surface area contributed by atoms with E-state index in [1.807, 2.05) is 6.07 Å². The molecule has 1 aromatic rings. The Balaban J connectivity index is 2.13. The average molecular weight is 262 g/mol. The highest BCUT2D eigenvalue weighted by atomic mass is 16.5. The van der Waals surface area contributed by atoms with Crippen LogP contribution in [0.25, 0.3) is 0 Å². The van der Waals surface area contributed by atoms with Crippen LogP contribution in [-0.4, -0.2) is 18.1 Å². The fraction of sp³-hybridized carbons (Fsp3) is 0.533. The molecule has 2 rings (SSSR count). The van der Waals surface area contributed by atoms with Gasteiger partial charge in [0.2, 0.25) is 0 Å². The SMILES string of the molecule is CCOC(=O)c1ccc(NC(C)(C)C2CC2)c(N)c1. The highest BCUT2D eigenvalue weighted by molar-refractivity contribution is 5.92. The second-order valence-corrected chi connectivity index (χ2v) is 5.64. The summed E-state index contributed by atoms with van der Waals surface area (Å²) in [6.45, 7) is 6.52. The summed E-state index contributed by atoms with van der Waals surface area (Å²) < 4.78 is 4.96. The summed E-state index contributed by atoms with van der Waals surface area (Å²) in [7, 11) is 0. The zero-order chi connectivity index (χ0) is 14.0. The zero-order valence-corrected chi connectivity index (χ0v) is 11.8. The van der Waals surface area contributed by atoms with Crippen LogP contribution in [0.1, 0.15) is 44.0 Å². The number of nitrogen functional groups attached to an aromatic ring is 1. The first-order chi connectivity index (χ1) is 8.94. The normalized spacial score (nSPS) is 15.1. The van der Waals surface area contributed by atoms with Gasteiger partial charge in [0.1, 0.15) is 0 Å². The molecule has 0 amide bonds. The van der Waals surface area contributed by atoms with E-state index < -0.39 is 0 Å². The van der Waals surface area contributed by atoms with Crippen LogP contribution < -0.4 is 11.1 Å². The molecule has 0 atom stereocenters. The second kappa shape index (κ2) is 5.11. The van der Waals surface area contributed by atoms with Crippen LogP contribution in [0.2, 0.25) is 0 Å². The first-order valence-electron chi connectivity index (χ1n) is 6.79. The van der Waals surface area contributed by atoms with Gasteiger partial charge in [-0.25, -0.2) is 4.79 Å². The number of carbonyl (C=O) groups is 1. The Hall–Kier alpha value is -1.71. The van der Waals surface area contributed by atoms with Gasteiger partial charge in [-0.15, -0.1) is 0 Å². The molecule has 4 heteroatoms. The van der Waals surface area contributed by atoms with Crippen molar-refractivity contribution in [3.8, 4) is 0 Å². The van der Waals surface area contributed by atoms with Crippen LogP contribution in [0.5, 0.6) is 0 Å². The minimum atomic E-state index is -0.331. The molecule has 19 heavy (non-hydrogen) atoms. The van der Waals surface area contributed by atoms with Gasteiger partial charge < -0.3 is 15.8 Å². The number of rotatable bonds is 5. The second-order valence-electron chi connectivity index (χ2n) is 5.64. The van der Waals surface area contributed by atoms with Crippen molar-refractivity contribution in [1.82, 2.24) is 0 Å². The molecule has 0 aromatic heterocycles. The monoisotopic (exact) mass is 262 g/mol. The van der Waals surface area contributed by atoms with Gasteiger partial charge in [-0.3, -0.25) is 0 Å². The third-order valence-electron chi connectivity index (χ3n) is 3.62. The quantitative estimate of drug-likeness (QED) is 0.632. The molecule has 4 nitrogen and oxygen atoms in total. The molecule has 1 aromatic carbocycles. The predicted octanol–water partition coefficient (Wildman–Crippen LogP) is 3.05. The van der Waals surface area contributed by atoms with E-state index >= 15 is 0 Å². The lowest BCUT2D eigenvalue weighted by Gasteiger charge is -2.28. The zero-order valence-electron chi connectivity index (χ0n) is 11.8. The maximum Gasteiger partial charge on any atom is 0.338 e. The molecule has 1 aliphatic carbocycles. The highest BCUT2D eigenvalue weighted by Crippen LogP contribution is 2.41. The van der Waals surface area contributed by atoms with Crippen molar-refractivity contribution in [2.45, 2.75) is 39.2 Å². The number of carbonyl (C=O) groups excluding carboxylic acids is 1. The van der Waals surface area contributed by atoms with E-state index in [0.717, 1.165) is 5.69 Å². The van der Waals surface area contributed by atoms with Crippen molar-refractivity contribution < 1.29 is 9.53 Å². The molecule has 0 heterocycles. The number of hydrogen-bond donors (Lipinski definition) is 2. The van der Waals surface area contributed by atoms with Gasteiger partial charge in [0.25, 0.3) is 0 Å². The summed E-state index contributed by atoms with van der Waals surface area (Å²) in [6, 6.07) is 5.27. The number of benzene rings is 1. The first kappa shape index (κ1) is 13.7. The number of nitrogens with two attached hydrogens (primary N) is 1. The third kappa shape index (κ3) is 3.19. The lowest BCUT2D eigenvalue weighted by molar-refractivity contribution is 0.0526. The molecule has 3 N–H and O–H groups in total. The van der Waals surface area contributed by atoms with Crippen molar-refractivity contribution in [2.75, 3.05) is 17.7 Å². The lowest BCUT2D eigenvalue weighted by atomic mass is 9.98. The van der Waals surface area contributed by atoms with E-state index in [2.05, 4.69) is 19.2 Å². The summed E-state index contributed by atoms with van der Waals surface area (Å²) >= 11 is 0. The van der Waals surface area contributed by atoms with E-state index in [-0.39, 0.29) is 11.5 Å². The number of nitrogens with one attached hydrogen (secondary N) is 1. The number of anilines is 2. The van der Waals surface area contributed by atoms with E-state index in [9.17, 15) is 4.79 Å². The average Bonchev–Trinajstić information content (AvgIpc) is 3.16. The maximum absolute atomic E-state index is 11.6. The minimum Gasteiger partial charge on any atom is -0.462 e. The molecule has 0 aliphatic heterocycles. The number of hydrogen-bond acceptors (Lipinski definition) is 4. The van der Waals surface area contributed by atoms with Crippen LogP contribution in [-0.2, 0) is 4.74 Å². The van der Waals surface area contributed by atoms with Gasteiger partial charge in [0, 0.05) is 5.54 Å². The van der Waals surface area contributed by atoms with Gasteiger partial charge in [-0.05, 0) is 57.7 Å². The molecule has 0 unspecified atom stereocenters. The van der Waals surface area contributed by atoms with Crippen LogP contribution in [0.15, 0.2) is 18.2 Å². The van der Waals surface area contributed by atoms with Crippen molar-refractivity contribution in [2.24, 2.45) is 5.92 Å². The molecular formula is C15H22N2O2. The van der Waals surface area contributed by atoms with Gasteiger partial charge >= 0.3 is 5.97 Å². The summed E-state index contributed by atoms with van der Waals surface area (Å²) in [5.74, 6) is 0.374. The van der Waals surface area contributed by atoms with E-state index in [1.54, 1.807) is 19.1 Å². The number of ether oxygens (including phenoxy) is 1. The third-order valence-corrected chi connectivity index (χ3v) is 3.62. The Kier molecular flexibility index (Phi) is 3.69. The van der Waals surface area contributed by atoms with Crippen molar-refractivity contribution in [3.63, 3.8) is 0 Å². The molecule has 1 aliphatic rings. The minimum absolute atomic E-state index is 0.0412. The lowest BCUT2D eigenvalue weighted by Crippen LogP contribution is -2.33. The Labute approximate surface area is 114 Å². The van der Waals surface area contributed by atoms with Crippen molar-refractivity contribution >= 4 is 17.3 Å². The Morgan fingerprint density at radius 1 is 1.47 bits per heavy atom. The molecular weight excluding hydrogens is 240 g/mol. The van der Waals surface area contributed by atoms with Gasteiger partial charge in [-0.1, -0.05) is 0 Å². The fourth-order valence-corrected chi connectivity index (χ4v) is 2.27. The molecule has 1 fully saturated rings. The van der Waals surface area contributed by atoms with E-state index in [1.165, 1.54) is 12.8 Å². The Morgan fingerprint density at radius 2 is 2.16 bits per heavy atom. The predicted molar refractivity (Wildman–Crippen MR) is 77.2 cm³/mol. The molecule has 0 bridgehead atoms. The smallest absolute Gasteiger partial charge is 0.338 e.